The third-order valence-corrected chi connectivity index (χ3v) is 5.04. The van der Waals surface area contributed by atoms with Crippen LogP contribution in [0.4, 0.5) is 4.39 Å². The van der Waals surface area contributed by atoms with Crippen molar-refractivity contribution in [2.45, 2.75) is 12.5 Å². The summed E-state index contributed by atoms with van der Waals surface area (Å²) in [4.78, 5) is 13.3. The molecule has 0 spiro atoms. The van der Waals surface area contributed by atoms with Gasteiger partial charge in [0, 0.05) is 11.4 Å². The highest BCUT2D eigenvalue weighted by atomic mass is 32.1. The first-order chi connectivity index (χ1) is 12.7. The van der Waals surface area contributed by atoms with Gasteiger partial charge in [0.15, 0.2) is 0 Å². The standard InChI is InChI=1S/C21H21FN2OS/c22-18-10-5-4-7-16(18)12-13-23-20(25)15-24-21(19-11-6-14-26-19)17-8-2-1-3-9-17/h1-11,14,21,24H,12-13,15H2,(H,23,25)/t21-/m1/s1. The third kappa shape index (κ3) is 5.00. The van der Waals surface area contributed by atoms with E-state index in [1.54, 1.807) is 29.5 Å². The van der Waals surface area contributed by atoms with E-state index in [0.717, 1.165) is 10.4 Å². The van der Waals surface area contributed by atoms with Crippen LogP contribution >= 0.6 is 11.3 Å². The van der Waals surface area contributed by atoms with Crippen molar-refractivity contribution in [3.63, 3.8) is 0 Å². The number of thiophene rings is 1. The molecule has 0 radical (unpaired) electrons. The molecule has 0 saturated carbocycles. The minimum Gasteiger partial charge on any atom is -0.355 e. The lowest BCUT2D eigenvalue weighted by molar-refractivity contribution is -0.120. The fourth-order valence-electron chi connectivity index (χ4n) is 2.78. The first-order valence-electron chi connectivity index (χ1n) is 8.56. The summed E-state index contributed by atoms with van der Waals surface area (Å²) in [6, 6.07) is 20.7. The Bertz CT molecular complexity index is 821. The lowest BCUT2D eigenvalue weighted by Gasteiger charge is -2.18. The first kappa shape index (κ1) is 18.3. The number of carbonyl (C=O) groups excluding carboxylic acids is 1. The van der Waals surface area contributed by atoms with Crippen molar-refractivity contribution in [3.8, 4) is 0 Å². The van der Waals surface area contributed by atoms with Gasteiger partial charge in [0.25, 0.3) is 0 Å². The van der Waals surface area contributed by atoms with E-state index in [-0.39, 0.29) is 24.3 Å². The Hall–Kier alpha value is -2.50. The maximum Gasteiger partial charge on any atom is 0.233 e. The molecule has 5 heteroatoms. The Labute approximate surface area is 156 Å². The number of rotatable bonds is 8. The van der Waals surface area contributed by atoms with Gasteiger partial charge in [-0.3, -0.25) is 10.1 Å². The molecule has 134 valence electrons. The summed E-state index contributed by atoms with van der Waals surface area (Å²) in [6.07, 6.45) is 0.478. The van der Waals surface area contributed by atoms with Crippen molar-refractivity contribution in [1.29, 1.82) is 0 Å². The molecule has 0 fully saturated rings. The fourth-order valence-corrected chi connectivity index (χ4v) is 3.61. The van der Waals surface area contributed by atoms with Gasteiger partial charge in [-0.05, 0) is 35.1 Å². The average Bonchev–Trinajstić information content (AvgIpc) is 3.19. The van der Waals surface area contributed by atoms with Crippen molar-refractivity contribution < 1.29 is 9.18 Å². The second-order valence-electron chi connectivity index (χ2n) is 5.93. The van der Waals surface area contributed by atoms with Crippen LogP contribution < -0.4 is 10.6 Å². The molecule has 3 nitrogen and oxygen atoms in total. The molecule has 0 aliphatic heterocycles. The van der Waals surface area contributed by atoms with Crippen LogP contribution in [0.1, 0.15) is 22.0 Å². The summed E-state index contributed by atoms with van der Waals surface area (Å²) in [7, 11) is 0. The van der Waals surface area contributed by atoms with Crippen molar-refractivity contribution in [1.82, 2.24) is 10.6 Å². The fraction of sp³-hybridized carbons (Fsp3) is 0.190. The Balaban J connectivity index is 1.52. The van der Waals surface area contributed by atoms with Crippen molar-refractivity contribution >= 4 is 17.2 Å². The molecule has 2 N–H and O–H groups in total. The number of hydrogen-bond acceptors (Lipinski definition) is 3. The summed E-state index contributed by atoms with van der Waals surface area (Å²) in [6.45, 7) is 0.616. The highest BCUT2D eigenvalue weighted by molar-refractivity contribution is 7.10. The number of benzene rings is 2. The van der Waals surface area contributed by atoms with E-state index in [0.29, 0.717) is 18.5 Å². The number of carbonyl (C=O) groups is 1. The van der Waals surface area contributed by atoms with Crippen LogP contribution in [-0.4, -0.2) is 19.0 Å². The lowest BCUT2D eigenvalue weighted by Crippen LogP contribution is -2.36. The van der Waals surface area contributed by atoms with Crippen LogP contribution in [0.2, 0.25) is 0 Å². The molecular weight excluding hydrogens is 347 g/mol. The first-order valence-corrected chi connectivity index (χ1v) is 9.44. The van der Waals surface area contributed by atoms with Gasteiger partial charge in [-0.1, -0.05) is 54.6 Å². The molecule has 0 bridgehead atoms. The van der Waals surface area contributed by atoms with Gasteiger partial charge >= 0.3 is 0 Å². The molecule has 0 unspecified atom stereocenters. The maximum atomic E-state index is 13.6. The second-order valence-corrected chi connectivity index (χ2v) is 6.91. The van der Waals surface area contributed by atoms with Gasteiger partial charge in [0.1, 0.15) is 5.82 Å². The molecule has 1 amide bonds. The number of amides is 1. The van der Waals surface area contributed by atoms with Crippen molar-refractivity contribution in [2.24, 2.45) is 0 Å². The van der Waals surface area contributed by atoms with Gasteiger partial charge in [-0.25, -0.2) is 4.39 Å². The molecule has 0 saturated heterocycles. The van der Waals surface area contributed by atoms with E-state index >= 15 is 0 Å². The SMILES string of the molecule is O=C(CN[C@H](c1ccccc1)c1cccs1)NCCc1ccccc1F. The Morgan fingerprint density at radius 3 is 2.50 bits per heavy atom. The summed E-state index contributed by atoms with van der Waals surface area (Å²) in [5, 5.41) is 8.20. The second kappa shape index (κ2) is 9.27. The van der Waals surface area contributed by atoms with Crippen LogP contribution in [0.3, 0.4) is 0 Å². The van der Waals surface area contributed by atoms with E-state index < -0.39 is 0 Å². The zero-order valence-corrected chi connectivity index (χ0v) is 15.1. The van der Waals surface area contributed by atoms with Crippen LogP contribution in [0.25, 0.3) is 0 Å². The topological polar surface area (TPSA) is 41.1 Å². The van der Waals surface area contributed by atoms with E-state index in [4.69, 9.17) is 0 Å². The summed E-state index contributed by atoms with van der Waals surface area (Å²) < 4.78 is 13.6. The van der Waals surface area contributed by atoms with E-state index in [9.17, 15) is 9.18 Å². The van der Waals surface area contributed by atoms with Crippen LogP contribution in [0, 0.1) is 5.82 Å². The maximum absolute atomic E-state index is 13.6. The minimum atomic E-state index is -0.235. The molecule has 1 heterocycles. The highest BCUT2D eigenvalue weighted by Gasteiger charge is 2.15. The quantitative estimate of drug-likeness (QED) is 0.633. The average molecular weight is 368 g/mol. The molecule has 1 atom stereocenters. The molecular formula is C21H21FN2OS. The number of halogens is 1. The predicted molar refractivity (Wildman–Crippen MR) is 104 cm³/mol. The third-order valence-electron chi connectivity index (χ3n) is 4.10. The van der Waals surface area contributed by atoms with Gasteiger partial charge in [-0.15, -0.1) is 11.3 Å². The summed E-state index contributed by atoms with van der Waals surface area (Å²) in [5.41, 5.74) is 1.73. The van der Waals surface area contributed by atoms with Crippen LogP contribution in [-0.2, 0) is 11.2 Å². The monoisotopic (exact) mass is 368 g/mol. The Morgan fingerprint density at radius 1 is 1.00 bits per heavy atom. The molecule has 1 aromatic heterocycles. The summed E-state index contributed by atoms with van der Waals surface area (Å²) >= 11 is 1.66. The van der Waals surface area contributed by atoms with E-state index in [1.165, 1.54) is 6.07 Å². The zero-order chi connectivity index (χ0) is 18.2. The number of hydrogen-bond donors (Lipinski definition) is 2. The minimum absolute atomic E-state index is 0.0199. The van der Waals surface area contributed by atoms with Crippen molar-refractivity contribution in [3.05, 3.63) is 93.9 Å². The zero-order valence-electron chi connectivity index (χ0n) is 14.3. The molecule has 0 aliphatic carbocycles. The predicted octanol–water partition coefficient (Wildman–Crippen LogP) is 3.93. The van der Waals surface area contributed by atoms with Crippen molar-refractivity contribution in [2.75, 3.05) is 13.1 Å². The largest absolute Gasteiger partial charge is 0.355 e. The van der Waals surface area contributed by atoms with E-state index in [1.807, 2.05) is 41.8 Å². The molecule has 3 aromatic rings. The van der Waals surface area contributed by atoms with Crippen LogP contribution in [0.15, 0.2) is 72.1 Å². The van der Waals surface area contributed by atoms with Gasteiger partial charge in [-0.2, -0.15) is 0 Å². The van der Waals surface area contributed by atoms with E-state index in [2.05, 4.69) is 16.7 Å². The summed E-state index contributed by atoms with van der Waals surface area (Å²) in [5.74, 6) is -0.333. The Kier molecular flexibility index (Phi) is 6.52. The molecule has 26 heavy (non-hydrogen) atoms. The van der Waals surface area contributed by atoms with Gasteiger partial charge < -0.3 is 5.32 Å². The smallest absolute Gasteiger partial charge is 0.233 e. The highest BCUT2D eigenvalue weighted by Crippen LogP contribution is 2.25. The molecule has 0 aliphatic rings. The molecule has 2 aromatic carbocycles. The normalized spacial score (nSPS) is 11.9. The van der Waals surface area contributed by atoms with Gasteiger partial charge in [0.05, 0.1) is 12.6 Å². The Morgan fingerprint density at radius 2 is 1.77 bits per heavy atom. The van der Waals surface area contributed by atoms with Gasteiger partial charge in [0.2, 0.25) is 5.91 Å². The van der Waals surface area contributed by atoms with Crippen LogP contribution in [0.5, 0.6) is 0 Å². The number of nitrogens with one attached hydrogen (secondary N) is 2. The molecule has 3 rings (SSSR count). The lowest BCUT2D eigenvalue weighted by atomic mass is 10.1.